The van der Waals surface area contributed by atoms with Crippen molar-refractivity contribution in [1.82, 2.24) is 25.3 Å². The van der Waals surface area contributed by atoms with Crippen LogP contribution >= 0.6 is 0 Å². The minimum atomic E-state index is -0.243. The Morgan fingerprint density at radius 2 is 2.13 bits per heavy atom. The number of H-pyrrole nitrogens is 1. The number of hydrogen-bond donors (Lipinski definition) is 2. The molecule has 0 saturated heterocycles. The summed E-state index contributed by atoms with van der Waals surface area (Å²) in [4.78, 5) is 25.7. The van der Waals surface area contributed by atoms with Gasteiger partial charge in [0.05, 0.1) is 11.8 Å². The fourth-order valence-electron chi connectivity index (χ4n) is 2.45. The zero-order chi connectivity index (χ0) is 16.4. The van der Waals surface area contributed by atoms with Gasteiger partial charge in [-0.15, -0.1) is 0 Å². The lowest BCUT2D eigenvalue weighted by molar-refractivity contribution is -0.116. The van der Waals surface area contributed by atoms with Crippen molar-refractivity contribution in [3.8, 4) is 0 Å². The molecule has 0 aromatic carbocycles. The third kappa shape index (κ3) is 3.19. The Bertz CT molecular complexity index is 788. The van der Waals surface area contributed by atoms with Gasteiger partial charge in [0.15, 0.2) is 0 Å². The van der Waals surface area contributed by atoms with E-state index < -0.39 is 0 Å². The summed E-state index contributed by atoms with van der Waals surface area (Å²) >= 11 is 0. The van der Waals surface area contributed by atoms with E-state index in [9.17, 15) is 4.79 Å². The van der Waals surface area contributed by atoms with Gasteiger partial charge in [-0.25, -0.2) is 5.43 Å². The summed E-state index contributed by atoms with van der Waals surface area (Å²) in [5, 5.41) is 4.07. The predicted octanol–water partition coefficient (Wildman–Crippen LogP) is 1.09. The summed E-state index contributed by atoms with van der Waals surface area (Å²) in [6.45, 7) is 2.86. The van der Waals surface area contributed by atoms with Crippen LogP contribution in [0.1, 0.15) is 22.6 Å². The highest BCUT2D eigenvalue weighted by Crippen LogP contribution is 2.18. The molecule has 2 N–H and O–H groups in total. The second-order valence-corrected chi connectivity index (χ2v) is 5.66. The number of aryl methyl sites for hydroxylation is 1. The van der Waals surface area contributed by atoms with E-state index in [0.717, 1.165) is 17.9 Å². The molecule has 0 bridgehead atoms. The third-order valence-corrected chi connectivity index (χ3v) is 3.50. The van der Waals surface area contributed by atoms with Crippen molar-refractivity contribution in [2.75, 3.05) is 14.1 Å². The van der Waals surface area contributed by atoms with Crippen LogP contribution in [0.5, 0.6) is 0 Å². The number of hydrogen-bond acceptors (Lipinski definition) is 5. The molecule has 0 unspecified atom stereocenters. The highest BCUT2D eigenvalue weighted by molar-refractivity contribution is 6.32. The van der Waals surface area contributed by atoms with Crippen molar-refractivity contribution in [1.29, 1.82) is 0 Å². The molecular formula is C16H18N6O. The highest BCUT2D eigenvalue weighted by atomic mass is 16.2. The summed E-state index contributed by atoms with van der Waals surface area (Å²) in [5.41, 5.74) is 7.17. The molecule has 0 saturated carbocycles. The second-order valence-electron chi connectivity index (χ2n) is 5.66. The molecule has 1 amide bonds. The van der Waals surface area contributed by atoms with Crippen LogP contribution in [-0.4, -0.2) is 45.6 Å². The van der Waals surface area contributed by atoms with E-state index in [-0.39, 0.29) is 5.91 Å². The molecule has 0 spiro atoms. The van der Waals surface area contributed by atoms with Gasteiger partial charge in [0.25, 0.3) is 5.91 Å². The fraction of sp³-hybridized carbons (Fsp3) is 0.250. The van der Waals surface area contributed by atoms with Crippen LogP contribution in [0.25, 0.3) is 6.08 Å². The Hall–Kier alpha value is -2.80. The molecule has 2 aromatic rings. The molecule has 7 heteroatoms. The number of carbonyl (C=O) groups is 1. The summed E-state index contributed by atoms with van der Waals surface area (Å²) < 4.78 is 0. The van der Waals surface area contributed by atoms with Crippen LogP contribution in [0.15, 0.2) is 35.3 Å². The fourth-order valence-corrected chi connectivity index (χ4v) is 2.45. The quantitative estimate of drug-likeness (QED) is 0.828. The highest BCUT2D eigenvalue weighted by Gasteiger charge is 2.25. The van der Waals surface area contributed by atoms with Crippen molar-refractivity contribution >= 4 is 17.7 Å². The SMILES string of the molecule is Cc1[nH]c(/C=C2/C(=O)NN=C2c2cnccn2)cc1CN(C)C. The Kier molecular flexibility index (Phi) is 4.03. The third-order valence-electron chi connectivity index (χ3n) is 3.50. The van der Waals surface area contributed by atoms with E-state index in [1.165, 1.54) is 5.56 Å². The van der Waals surface area contributed by atoms with Crippen molar-refractivity contribution < 1.29 is 4.79 Å². The zero-order valence-electron chi connectivity index (χ0n) is 13.3. The van der Waals surface area contributed by atoms with Crippen molar-refractivity contribution in [3.63, 3.8) is 0 Å². The van der Waals surface area contributed by atoms with Gasteiger partial charge in [0.1, 0.15) is 11.4 Å². The molecule has 23 heavy (non-hydrogen) atoms. The number of carbonyl (C=O) groups excluding carboxylic acids is 1. The van der Waals surface area contributed by atoms with E-state index in [4.69, 9.17) is 0 Å². The number of rotatable bonds is 4. The average molecular weight is 310 g/mol. The number of nitrogens with zero attached hydrogens (tertiary/aromatic N) is 4. The topological polar surface area (TPSA) is 86.3 Å². The first kappa shape index (κ1) is 15.1. The van der Waals surface area contributed by atoms with Crippen LogP contribution in [0.2, 0.25) is 0 Å². The number of hydrazone groups is 1. The Morgan fingerprint density at radius 3 is 2.83 bits per heavy atom. The van der Waals surface area contributed by atoms with E-state index >= 15 is 0 Å². The summed E-state index contributed by atoms with van der Waals surface area (Å²) in [5.74, 6) is -0.243. The van der Waals surface area contributed by atoms with E-state index in [2.05, 4.69) is 30.4 Å². The summed E-state index contributed by atoms with van der Waals surface area (Å²) in [7, 11) is 4.04. The predicted molar refractivity (Wildman–Crippen MR) is 87.6 cm³/mol. The molecule has 1 aliphatic rings. The monoisotopic (exact) mass is 310 g/mol. The van der Waals surface area contributed by atoms with Crippen molar-refractivity contribution in [2.45, 2.75) is 13.5 Å². The van der Waals surface area contributed by atoms with E-state index in [1.54, 1.807) is 24.7 Å². The van der Waals surface area contributed by atoms with Gasteiger partial charge < -0.3 is 9.88 Å². The van der Waals surface area contributed by atoms with Crippen LogP contribution in [0, 0.1) is 6.92 Å². The lowest BCUT2D eigenvalue weighted by Gasteiger charge is -2.07. The number of aromatic nitrogens is 3. The number of aromatic amines is 1. The first-order valence-electron chi connectivity index (χ1n) is 7.24. The molecule has 0 fully saturated rings. The molecule has 118 valence electrons. The minimum Gasteiger partial charge on any atom is -0.359 e. The van der Waals surface area contributed by atoms with Gasteiger partial charge >= 0.3 is 0 Å². The minimum absolute atomic E-state index is 0.243. The van der Waals surface area contributed by atoms with Gasteiger partial charge in [0.2, 0.25) is 0 Å². The largest absolute Gasteiger partial charge is 0.359 e. The molecule has 3 heterocycles. The molecule has 1 aliphatic heterocycles. The van der Waals surface area contributed by atoms with Crippen LogP contribution in [0.4, 0.5) is 0 Å². The molecular weight excluding hydrogens is 292 g/mol. The van der Waals surface area contributed by atoms with Crippen molar-refractivity contribution in [3.05, 3.63) is 52.9 Å². The van der Waals surface area contributed by atoms with E-state index in [0.29, 0.717) is 17.0 Å². The lowest BCUT2D eigenvalue weighted by atomic mass is 10.1. The van der Waals surface area contributed by atoms with Gasteiger partial charge in [0, 0.05) is 30.3 Å². The normalized spacial score (nSPS) is 16.1. The Morgan fingerprint density at radius 1 is 1.30 bits per heavy atom. The maximum atomic E-state index is 12.1. The van der Waals surface area contributed by atoms with Gasteiger partial charge in [-0.3, -0.25) is 14.8 Å². The van der Waals surface area contributed by atoms with Crippen molar-refractivity contribution in [2.24, 2.45) is 5.10 Å². The summed E-state index contributed by atoms with van der Waals surface area (Å²) in [6.07, 6.45) is 6.54. The Labute approximate surface area is 134 Å². The van der Waals surface area contributed by atoms with Crippen LogP contribution in [0.3, 0.4) is 0 Å². The maximum absolute atomic E-state index is 12.1. The molecule has 0 aliphatic carbocycles. The maximum Gasteiger partial charge on any atom is 0.273 e. The molecule has 0 atom stereocenters. The smallest absolute Gasteiger partial charge is 0.273 e. The first-order valence-corrected chi connectivity index (χ1v) is 7.24. The van der Waals surface area contributed by atoms with E-state index in [1.807, 2.05) is 27.1 Å². The second kappa shape index (κ2) is 6.13. The molecule has 3 rings (SSSR count). The summed E-state index contributed by atoms with van der Waals surface area (Å²) in [6, 6.07) is 2.04. The van der Waals surface area contributed by atoms with Gasteiger partial charge in [-0.05, 0) is 38.7 Å². The number of amides is 1. The number of nitrogens with one attached hydrogen (secondary N) is 2. The molecule has 2 aromatic heterocycles. The lowest BCUT2D eigenvalue weighted by Crippen LogP contribution is -2.14. The zero-order valence-corrected chi connectivity index (χ0v) is 13.3. The van der Waals surface area contributed by atoms with Crippen LogP contribution in [-0.2, 0) is 11.3 Å². The first-order chi connectivity index (χ1) is 11.0. The average Bonchev–Trinajstić information content (AvgIpc) is 3.04. The standard InChI is InChI=1S/C16H18N6O/c1-10-11(9-22(2)3)6-12(19-10)7-13-15(20-21-16(13)23)14-8-17-4-5-18-14/h4-8,19H,9H2,1-3H3,(H,21,23)/b13-7+. The van der Waals surface area contributed by atoms with Gasteiger partial charge in [-0.2, -0.15) is 5.10 Å². The molecule has 7 nitrogen and oxygen atoms in total. The van der Waals surface area contributed by atoms with Gasteiger partial charge in [-0.1, -0.05) is 0 Å². The van der Waals surface area contributed by atoms with Crippen LogP contribution < -0.4 is 5.43 Å². The molecule has 0 radical (unpaired) electrons. The Balaban J connectivity index is 1.94.